The Labute approximate surface area is 218 Å². The molecule has 2 aromatic rings. The number of hydrogen-bond donors (Lipinski definition) is 1. The van der Waals surface area contributed by atoms with Crippen LogP contribution in [0.5, 0.6) is 5.75 Å². The SMILES string of the molecule is CCCCCCCCOc1ccc(C2OC3(c4ccccc4)OC(=N)C(C#N)(C3C)C2(C#N)C#N)cc1. The molecule has 4 atom stereocenters. The number of rotatable bonds is 10. The largest absolute Gasteiger partial charge is 0.494 e. The van der Waals surface area contributed by atoms with Crippen LogP contribution in [0.4, 0.5) is 0 Å². The molecule has 2 bridgehead atoms. The summed E-state index contributed by atoms with van der Waals surface area (Å²) in [5, 5.41) is 39.8. The fraction of sp³-hybridized carbons (Fsp3) is 0.467. The molecule has 0 saturated carbocycles. The molecule has 4 rings (SSSR count). The minimum absolute atomic E-state index is 0.421. The highest BCUT2D eigenvalue weighted by Crippen LogP contribution is 2.68. The van der Waals surface area contributed by atoms with E-state index in [0.717, 1.165) is 12.8 Å². The highest BCUT2D eigenvalue weighted by atomic mass is 16.7. The van der Waals surface area contributed by atoms with E-state index in [1.54, 1.807) is 43.3 Å². The Morgan fingerprint density at radius 3 is 2.16 bits per heavy atom. The predicted molar refractivity (Wildman–Crippen MR) is 137 cm³/mol. The van der Waals surface area contributed by atoms with Gasteiger partial charge in [-0.3, -0.25) is 5.41 Å². The van der Waals surface area contributed by atoms with Gasteiger partial charge in [0, 0.05) is 5.56 Å². The standard InChI is InChI=1S/C30H32N4O3/c1-3-4-5-6-7-11-18-35-25-16-14-23(15-17-25)26-28(19-31,20-32)29(21-33)22(2)30(36-26,37-27(29)34)24-12-9-8-10-13-24/h8-10,12-17,22,26,34H,3-7,11,18H2,1-2H3. The van der Waals surface area contributed by atoms with Crippen molar-refractivity contribution in [1.82, 2.24) is 0 Å². The van der Waals surface area contributed by atoms with E-state index in [-0.39, 0.29) is 0 Å². The Bertz CT molecular complexity index is 1230. The molecule has 0 radical (unpaired) electrons. The number of hydrogen-bond acceptors (Lipinski definition) is 7. The van der Waals surface area contributed by atoms with Gasteiger partial charge in [0.05, 0.1) is 30.7 Å². The predicted octanol–water partition coefficient (Wildman–Crippen LogP) is 6.54. The molecule has 0 aliphatic carbocycles. The number of nitrogens with zero attached hydrogens (tertiary/aromatic N) is 3. The number of nitrogens with one attached hydrogen (secondary N) is 1. The number of ether oxygens (including phenoxy) is 3. The molecule has 190 valence electrons. The van der Waals surface area contributed by atoms with Crippen molar-refractivity contribution in [2.45, 2.75) is 64.3 Å². The molecule has 2 fully saturated rings. The van der Waals surface area contributed by atoms with E-state index in [4.69, 9.17) is 19.6 Å². The summed E-state index contributed by atoms with van der Waals surface area (Å²) >= 11 is 0. The highest BCUT2D eigenvalue weighted by molar-refractivity contribution is 5.89. The molecule has 2 aliphatic heterocycles. The molecule has 0 amide bonds. The lowest BCUT2D eigenvalue weighted by Gasteiger charge is -2.48. The van der Waals surface area contributed by atoms with Gasteiger partial charge in [-0.05, 0) is 24.1 Å². The van der Waals surface area contributed by atoms with Gasteiger partial charge in [0.1, 0.15) is 11.9 Å². The van der Waals surface area contributed by atoms with Crippen molar-refractivity contribution < 1.29 is 14.2 Å². The van der Waals surface area contributed by atoms with Crippen LogP contribution in [-0.4, -0.2) is 12.5 Å². The molecule has 2 heterocycles. The first-order chi connectivity index (χ1) is 18.0. The van der Waals surface area contributed by atoms with Crippen LogP contribution in [0.25, 0.3) is 0 Å². The van der Waals surface area contributed by atoms with Crippen LogP contribution in [0.3, 0.4) is 0 Å². The van der Waals surface area contributed by atoms with Gasteiger partial charge in [0.15, 0.2) is 5.41 Å². The van der Waals surface area contributed by atoms with Gasteiger partial charge in [0.25, 0.3) is 0 Å². The minimum atomic E-state index is -1.99. The molecule has 1 N–H and O–H groups in total. The lowest BCUT2D eigenvalue weighted by molar-refractivity contribution is -0.288. The average molecular weight is 497 g/mol. The van der Waals surface area contributed by atoms with Gasteiger partial charge in [-0.15, -0.1) is 0 Å². The van der Waals surface area contributed by atoms with E-state index in [1.807, 2.05) is 18.2 Å². The lowest BCUT2D eigenvalue weighted by atomic mass is 9.53. The van der Waals surface area contributed by atoms with Crippen molar-refractivity contribution in [3.8, 4) is 24.0 Å². The maximum Gasteiger partial charge on any atom is 0.244 e. The first-order valence-electron chi connectivity index (χ1n) is 12.9. The molecule has 37 heavy (non-hydrogen) atoms. The monoisotopic (exact) mass is 496 g/mol. The van der Waals surface area contributed by atoms with E-state index >= 15 is 0 Å². The quantitative estimate of drug-likeness (QED) is 0.373. The van der Waals surface area contributed by atoms with Crippen molar-refractivity contribution in [2.24, 2.45) is 16.7 Å². The van der Waals surface area contributed by atoms with Crippen LogP contribution in [0.15, 0.2) is 54.6 Å². The zero-order valence-electron chi connectivity index (χ0n) is 21.4. The van der Waals surface area contributed by atoms with Gasteiger partial charge in [-0.2, -0.15) is 15.8 Å². The molecule has 0 aromatic heterocycles. The Morgan fingerprint density at radius 2 is 1.54 bits per heavy atom. The summed E-state index contributed by atoms with van der Waals surface area (Å²) in [7, 11) is 0. The first-order valence-corrected chi connectivity index (χ1v) is 12.9. The zero-order valence-corrected chi connectivity index (χ0v) is 21.4. The summed E-state index contributed by atoms with van der Waals surface area (Å²) < 4.78 is 18.4. The number of nitriles is 3. The molecule has 2 saturated heterocycles. The fourth-order valence-corrected chi connectivity index (χ4v) is 5.65. The first kappa shape index (κ1) is 26.2. The van der Waals surface area contributed by atoms with Crippen LogP contribution in [-0.2, 0) is 15.3 Å². The van der Waals surface area contributed by atoms with Crippen molar-refractivity contribution in [1.29, 1.82) is 21.2 Å². The Morgan fingerprint density at radius 1 is 0.892 bits per heavy atom. The third-order valence-electron chi connectivity index (χ3n) is 7.79. The number of benzene rings is 2. The molecule has 2 aromatic carbocycles. The zero-order chi connectivity index (χ0) is 26.5. The van der Waals surface area contributed by atoms with E-state index < -0.39 is 34.5 Å². The lowest BCUT2D eigenvalue weighted by Crippen LogP contribution is -2.57. The Hall–Kier alpha value is -3.86. The molecule has 4 unspecified atom stereocenters. The summed E-state index contributed by atoms with van der Waals surface area (Å²) in [4.78, 5) is 0. The summed E-state index contributed by atoms with van der Waals surface area (Å²) in [6, 6.07) is 22.5. The molecular weight excluding hydrogens is 464 g/mol. The van der Waals surface area contributed by atoms with E-state index in [0.29, 0.717) is 23.5 Å². The Kier molecular flexibility index (Phi) is 7.53. The van der Waals surface area contributed by atoms with E-state index in [1.165, 1.54) is 25.7 Å². The molecular formula is C30H32N4O3. The summed E-state index contributed by atoms with van der Waals surface area (Å²) in [6.07, 6.45) is 5.92. The van der Waals surface area contributed by atoms with Crippen molar-refractivity contribution in [2.75, 3.05) is 6.61 Å². The van der Waals surface area contributed by atoms with Crippen molar-refractivity contribution in [3.63, 3.8) is 0 Å². The second-order valence-corrected chi connectivity index (χ2v) is 9.82. The van der Waals surface area contributed by atoms with Crippen LogP contribution in [0, 0.1) is 56.2 Å². The van der Waals surface area contributed by atoms with Crippen LogP contribution in [0.1, 0.15) is 69.6 Å². The second-order valence-electron chi connectivity index (χ2n) is 9.82. The average Bonchev–Trinajstić information content (AvgIpc) is 3.10. The maximum absolute atomic E-state index is 10.4. The van der Waals surface area contributed by atoms with Crippen LogP contribution >= 0.6 is 0 Å². The summed E-state index contributed by atoms with van der Waals surface area (Å²) in [5.74, 6) is -2.00. The number of unbranched alkanes of at least 4 members (excludes halogenated alkanes) is 5. The third-order valence-corrected chi connectivity index (χ3v) is 7.79. The van der Waals surface area contributed by atoms with Gasteiger partial charge in [0.2, 0.25) is 17.1 Å². The fourth-order valence-electron chi connectivity index (χ4n) is 5.65. The van der Waals surface area contributed by atoms with E-state index in [9.17, 15) is 15.8 Å². The number of fused-ring (bicyclic) bond motifs is 2. The molecule has 0 spiro atoms. The van der Waals surface area contributed by atoms with Gasteiger partial charge in [-0.25, -0.2) is 0 Å². The minimum Gasteiger partial charge on any atom is -0.494 e. The van der Waals surface area contributed by atoms with Crippen LogP contribution in [0.2, 0.25) is 0 Å². The topological polar surface area (TPSA) is 123 Å². The molecule has 7 heteroatoms. The van der Waals surface area contributed by atoms with Gasteiger partial charge < -0.3 is 14.2 Å². The Balaban J connectivity index is 1.64. The maximum atomic E-state index is 10.4. The normalized spacial score (nSPS) is 27.4. The van der Waals surface area contributed by atoms with Crippen molar-refractivity contribution in [3.05, 3.63) is 65.7 Å². The van der Waals surface area contributed by atoms with E-state index in [2.05, 4.69) is 25.1 Å². The second kappa shape index (κ2) is 10.6. The van der Waals surface area contributed by atoms with Crippen LogP contribution < -0.4 is 4.74 Å². The molecule has 2 aliphatic rings. The van der Waals surface area contributed by atoms with Gasteiger partial charge >= 0.3 is 0 Å². The smallest absolute Gasteiger partial charge is 0.244 e. The third kappa shape index (κ3) is 4.03. The van der Waals surface area contributed by atoms with Gasteiger partial charge in [-0.1, -0.05) is 88.4 Å². The highest BCUT2D eigenvalue weighted by Gasteiger charge is 2.79. The van der Waals surface area contributed by atoms with Crippen molar-refractivity contribution >= 4 is 5.90 Å². The molecule has 7 nitrogen and oxygen atoms in total. The summed E-state index contributed by atoms with van der Waals surface area (Å²) in [5.41, 5.74) is -2.64. The summed E-state index contributed by atoms with van der Waals surface area (Å²) in [6.45, 7) is 4.52.